The van der Waals surface area contributed by atoms with Crippen LogP contribution in [0.3, 0.4) is 0 Å². The molecule has 0 heterocycles. The zero-order valence-corrected chi connectivity index (χ0v) is 10.4. The molecule has 1 aromatic carbocycles. The van der Waals surface area contributed by atoms with Crippen molar-refractivity contribution in [3.8, 4) is 0 Å². The Hall–Kier alpha value is -0.870. The largest absolute Gasteiger partial charge is 0.240 e. The van der Waals surface area contributed by atoms with E-state index in [-0.39, 0.29) is 0 Å². The molecule has 1 rings (SSSR count). The van der Waals surface area contributed by atoms with E-state index in [4.69, 9.17) is 0 Å². The maximum Gasteiger partial charge on any atom is 0.240 e. The standard InChI is InChI=1S/C11H17NO2S/c1-5-12-15(13,14)11-7-6-8(2)9(3)10(11)4/h6-7,12H,5H2,1-4H3. The molecule has 0 saturated carbocycles. The molecule has 0 amide bonds. The number of benzene rings is 1. The normalized spacial score (nSPS) is 11.7. The van der Waals surface area contributed by atoms with Crippen LogP contribution in [0.1, 0.15) is 23.6 Å². The lowest BCUT2D eigenvalue weighted by Crippen LogP contribution is -2.24. The third-order valence-electron chi connectivity index (χ3n) is 2.63. The van der Waals surface area contributed by atoms with E-state index >= 15 is 0 Å². The lowest BCUT2D eigenvalue weighted by molar-refractivity contribution is 0.583. The zero-order chi connectivity index (χ0) is 11.6. The first kappa shape index (κ1) is 12.2. The number of hydrogen-bond donors (Lipinski definition) is 1. The van der Waals surface area contributed by atoms with Crippen LogP contribution in [0, 0.1) is 20.8 Å². The summed E-state index contributed by atoms with van der Waals surface area (Å²) in [6.07, 6.45) is 0. The first-order valence-corrected chi connectivity index (χ1v) is 6.45. The number of sulfonamides is 1. The summed E-state index contributed by atoms with van der Waals surface area (Å²) in [5, 5.41) is 0. The van der Waals surface area contributed by atoms with E-state index in [0.29, 0.717) is 11.4 Å². The van der Waals surface area contributed by atoms with Crippen LogP contribution >= 0.6 is 0 Å². The van der Waals surface area contributed by atoms with Crippen LogP contribution in [0.4, 0.5) is 0 Å². The van der Waals surface area contributed by atoms with Crippen LogP contribution in [0.15, 0.2) is 17.0 Å². The Kier molecular flexibility index (Phi) is 3.52. The molecular formula is C11H17NO2S. The fourth-order valence-corrected chi connectivity index (χ4v) is 2.83. The molecule has 0 spiro atoms. The monoisotopic (exact) mass is 227 g/mol. The molecule has 3 nitrogen and oxygen atoms in total. The molecule has 0 radical (unpaired) electrons. The van der Waals surface area contributed by atoms with Gasteiger partial charge in [0.15, 0.2) is 0 Å². The van der Waals surface area contributed by atoms with Crippen LogP contribution in [-0.2, 0) is 10.0 Å². The maximum absolute atomic E-state index is 11.8. The van der Waals surface area contributed by atoms with Crippen LogP contribution in [0.5, 0.6) is 0 Å². The first-order valence-electron chi connectivity index (χ1n) is 4.96. The summed E-state index contributed by atoms with van der Waals surface area (Å²) in [5.41, 5.74) is 2.98. The van der Waals surface area contributed by atoms with Gasteiger partial charge >= 0.3 is 0 Å². The van der Waals surface area contributed by atoms with Crippen LogP contribution in [0.25, 0.3) is 0 Å². The highest BCUT2D eigenvalue weighted by atomic mass is 32.2. The second-order valence-corrected chi connectivity index (χ2v) is 5.37. The molecule has 0 aliphatic carbocycles. The predicted molar refractivity (Wildman–Crippen MR) is 61.5 cm³/mol. The van der Waals surface area contributed by atoms with Crippen LogP contribution in [-0.4, -0.2) is 15.0 Å². The molecule has 0 fully saturated rings. The SMILES string of the molecule is CCNS(=O)(=O)c1ccc(C)c(C)c1C. The second-order valence-electron chi connectivity index (χ2n) is 3.63. The van der Waals surface area contributed by atoms with Gasteiger partial charge in [-0.1, -0.05) is 13.0 Å². The Morgan fingerprint density at radius 1 is 1.13 bits per heavy atom. The number of aryl methyl sites for hydroxylation is 1. The van der Waals surface area contributed by atoms with Crippen molar-refractivity contribution in [2.24, 2.45) is 0 Å². The minimum atomic E-state index is -3.33. The van der Waals surface area contributed by atoms with Crippen molar-refractivity contribution in [3.63, 3.8) is 0 Å². The van der Waals surface area contributed by atoms with Gasteiger partial charge in [-0.15, -0.1) is 0 Å². The molecule has 0 atom stereocenters. The van der Waals surface area contributed by atoms with Gasteiger partial charge in [-0.05, 0) is 43.5 Å². The fourth-order valence-electron chi connectivity index (χ4n) is 1.49. The lowest BCUT2D eigenvalue weighted by Gasteiger charge is -2.11. The van der Waals surface area contributed by atoms with Crippen LogP contribution < -0.4 is 4.72 Å². The molecule has 4 heteroatoms. The smallest absolute Gasteiger partial charge is 0.211 e. The van der Waals surface area contributed by atoms with Crippen molar-refractivity contribution in [1.29, 1.82) is 0 Å². The fraction of sp³-hybridized carbons (Fsp3) is 0.455. The Bertz CT molecular complexity index is 464. The molecule has 1 aromatic rings. The first-order chi connectivity index (χ1) is 6.90. The van der Waals surface area contributed by atoms with Gasteiger partial charge in [0.25, 0.3) is 0 Å². The molecule has 15 heavy (non-hydrogen) atoms. The Morgan fingerprint density at radius 2 is 1.73 bits per heavy atom. The van der Waals surface area contributed by atoms with Gasteiger partial charge in [-0.25, -0.2) is 13.1 Å². The highest BCUT2D eigenvalue weighted by Crippen LogP contribution is 2.20. The predicted octanol–water partition coefficient (Wildman–Crippen LogP) is 1.91. The molecule has 0 saturated heterocycles. The summed E-state index contributed by atoms with van der Waals surface area (Å²) in [6, 6.07) is 3.50. The average molecular weight is 227 g/mol. The molecule has 0 unspecified atom stereocenters. The third kappa shape index (κ3) is 2.38. The second kappa shape index (κ2) is 4.33. The van der Waals surface area contributed by atoms with Crippen molar-refractivity contribution in [3.05, 3.63) is 28.8 Å². The Morgan fingerprint density at radius 3 is 2.27 bits per heavy atom. The van der Waals surface area contributed by atoms with Crippen LogP contribution in [0.2, 0.25) is 0 Å². The van der Waals surface area contributed by atoms with Gasteiger partial charge in [0.1, 0.15) is 0 Å². The zero-order valence-electron chi connectivity index (χ0n) is 9.59. The van der Waals surface area contributed by atoms with E-state index in [1.54, 1.807) is 13.0 Å². The molecule has 0 bridgehead atoms. The van der Waals surface area contributed by atoms with Crippen molar-refractivity contribution < 1.29 is 8.42 Å². The molecule has 0 aromatic heterocycles. The van der Waals surface area contributed by atoms with Gasteiger partial charge in [0.2, 0.25) is 10.0 Å². The quantitative estimate of drug-likeness (QED) is 0.857. The van der Waals surface area contributed by atoms with E-state index in [9.17, 15) is 8.42 Å². The molecular weight excluding hydrogens is 210 g/mol. The summed E-state index contributed by atoms with van der Waals surface area (Å²) in [6.45, 7) is 7.94. The topological polar surface area (TPSA) is 46.2 Å². The number of rotatable bonds is 3. The van der Waals surface area contributed by atoms with Gasteiger partial charge in [0, 0.05) is 6.54 Å². The molecule has 0 aliphatic heterocycles. The van der Waals surface area contributed by atoms with Crippen molar-refractivity contribution in [1.82, 2.24) is 4.72 Å². The highest BCUT2D eigenvalue weighted by Gasteiger charge is 2.16. The van der Waals surface area contributed by atoms with Gasteiger partial charge in [0.05, 0.1) is 4.90 Å². The molecule has 1 N–H and O–H groups in total. The van der Waals surface area contributed by atoms with E-state index in [1.165, 1.54) is 0 Å². The lowest BCUT2D eigenvalue weighted by atomic mass is 10.1. The summed E-state index contributed by atoms with van der Waals surface area (Å²) >= 11 is 0. The highest BCUT2D eigenvalue weighted by molar-refractivity contribution is 7.89. The summed E-state index contributed by atoms with van der Waals surface area (Å²) in [7, 11) is -3.33. The third-order valence-corrected chi connectivity index (χ3v) is 4.32. The van der Waals surface area contributed by atoms with Crippen molar-refractivity contribution in [2.75, 3.05) is 6.54 Å². The van der Waals surface area contributed by atoms with Gasteiger partial charge in [-0.2, -0.15) is 0 Å². The summed E-state index contributed by atoms with van der Waals surface area (Å²) < 4.78 is 26.1. The van der Waals surface area contributed by atoms with Crippen molar-refractivity contribution in [2.45, 2.75) is 32.6 Å². The van der Waals surface area contributed by atoms with E-state index < -0.39 is 10.0 Å². The van der Waals surface area contributed by atoms with E-state index in [0.717, 1.165) is 16.7 Å². The molecule has 84 valence electrons. The number of hydrogen-bond acceptors (Lipinski definition) is 2. The summed E-state index contributed by atoms with van der Waals surface area (Å²) in [5.74, 6) is 0. The van der Waals surface area contributed by atoms with E-state index in [2.05, 4.69) is 4.72 Å². The van der Waals surface area contributed by atoms with E-state index in [1.807, 2.05) is 26.8 Å². The van der Waals surface area contributed by atoms with Crippen molar-refractivity contribution >= 4 is 10.0 Å². The number of nitrogens with one attached hydrogen (secondary N) is 1. The minimum absolute atomic E-state index is 0.382. The Balaban J connectivity index is 3.34. The minimum Gasteiger partial charge on any atom is -0.211 e. The Labute approximate surface area is 91.6 Å². The average Bonchev–Trinajstić information content (AvgIpc) is 2.13. The molecule has 0 aliphatic rings. The van der Waals surface area contributed by atoms with Gasteiger partial charge < -0.3 is 0 Å². The maximum atomic E-state index is 11.8. The van der Waals surface area contributed by atoms with Gasteiger partial charge in [-0.3, -0.25) is 0 Å². The summed E-state index contributed by atoms with van der Waals surface area (Å²) in [4.78, 5) is 0.382.